The fourth-order valence-electron chi connectivity index (χ4n) is 2.67. The van der Waals surface area contributed by atoms with E-state index in [9.17, 15) is 4.79 Å². The molecule has 0 aromatic heterocycles. The van der Waals surface area contributed by atoms with Gasteiger partial charge in [0.2, 0.25) is 5.78 Å². The number of rotatable bonds is 6. The molecule has 0 saturated heterocycles. The Balaban J connectivity index is 1.89. The molecule has 2 aromatic carbocycles. The number of allylic oxidation sites excluding steroid dienone is 1. The lowest BCUT2D eigenvalue weighted by atomic mass is 10.1. The van der Waals surface area contributed by atoms with Gasteiger partial charge in [-0.1, -0.05) is 24.6 Å². The second-order valence-electron chi connectivity index (χ2n) is 5.93. The molecule has 2 aromatic rings. The van der Waals surface area contributed by atoms with Gasteiger partial charge in [0.1, 0.15) is 5.75 Å². The molecule has 130 valence electrons. The van der Waals surface area contributed by atoms with E-state index in [1.165, 1.54) is 0 Å². The molecule has 0 fully saturated rings. The molecule has 1 aliphatic rings. The van der Waals surface area contributed by atoms with Crippen LogP contribution in [0.15, 0.2) is 42.2 Å². The van der Waals surface area contributed by atoms with Crippen molar-refractivity contribution in [2.45, 2.75) is 27.2 Å². The number of fused-ring (bicyclic) bond motifs is 1. The zero-order valence-electron chi connectivity index (χ0n) is 14.8. The summed E-state index contributed by atoms with van der Waals surface area (Å²) in [6.07, 6.45) is 2.67. The van der Waals surface area contributed by atoms with Crippen molar-refractivity contribution in [3.8, 4) is 17.2 Å². The molecule has 0 spiro atoms. The van der Waals surface area contributed by atoms with E-state index in [-0.39, 0.29) is 5.78 Å². The van der Waals surface area contributed by atoms with Crippen molar-refractivity contribution in [3.63, 3.8) is 0 Å². The predicted molar refractivity (Wildman–Crippen MR) is 97.5 cm³/mol. The van der Waals surface area contributed by atoms with Crippen LogP contribution in [-0.2, 0) is 0 Å². The maximum absolute atomic E-state index is 12.5. The monoisotopic (exact) mass is 338 g/mol. The van der Waals surface area contributed by atoms with Crippen LogP contribution >= 0.6 is 0 Å². The molecule has 1 heterocycles. The van der Waals surface area contributed by atoms with Gasteiger partial charge in [0.05, 0.1) is 18.8 Å². The Kier molecular flexibility index (Phi) is 5.08. The zero-order chi connectivity index (χ0) is 17.8. The Labute approximate surface area is 148 Å². The van der Waals surface area contributed by atoms with Crippen LogP contribution in [0.3, 0.4) is 0 Å². The van der Waals surface area contributed by atoms with E-state index in [2.05, 4.69) is 6.92 Å². The van der Waals surface area contributed by atoms with Gasteiger partial charge in [-0.2, -0.15) is 0 Å². The minimum atomic E-state index is -0.0945. The third kappa shape index (κ3) is 3.68. The number of ketones is 1. The summed E-state index contributed by atoms with van der Waals surface area (Å²) < 4.78 is 17.1. The topological polar surface area (TPSA) is 44.8 Å². The average molecular weight is 338 g/mol. The van der Waals surface area contributed by atoms with Gasteiger partial charge in [-0.15, -0.1) is 0 Å². The van der Waals surface area contributed by atoms with Crippen molar-refractivity contribution in [1.29, 1.82) is 0 Å². The molecule has 0 atom stereocenters. The molecule has 0 radical (unpaired) electrons. The SMILES string of the molecule is CCCOc1ccc(/C=C2\Oc3ccc(C)cc3C2=O)cc1OCC. The molecule has 0 unspecified atom stereocenters. The third-order valence-corrected chi connectivity index (χ3v) is 3.85. The molecule has 0 amide bonds. The Morgan fingerprint density at radius 3 is 2.64 bits per heavy atom. The van der Waals surface area contributed by atoms with Crippen molar-refractivity contribution in [1.82, 2.24) is 0 Å². The van der Waals surface area contributed by atoms with Gasteiger partial charge >= 0.3 is 0 Å². The quantitative estimate of drug-likeness (QED) is 0.710. The second-order valence-corrected chi connectivity index (χ2v) is 5.93. The molecule has 25 heavy (non-hydrogen) atoms. The molecule has 0 aliphatic carbocycles. The first kappa shape index (κ1) is 17.1. The number of carbonyl (C=O) groups is 1. The largest absolute Gasteiger partial charge is 0.490 e. The number of benzene rings is 2. The Bertz CT molecular complexity index is 821. The molecule has 3 rings (SSSR count). The van der Waals surface area contributed by atoms with Gasteiger partial charge in [-0.3, -0.25) is 4.79 Å². The highest BCUT2D eigenvalue weighted by atomic mass is 16.5. The molecule has 4 heteroatoms. The Morgan fingerprint density at radius 2 is 1.88 bits per heavy atom. The van der Waals surface area contributed by atoms with E-state index in [1.54, 1.807) is 6.08 Å². The lowest BCUT2D eigenvalue weighted by Gasteiger charge is -2.12. The fourth-order valence-corrected chi connectivity index (χ4v) is 2.67. The van der Waals surface area contributed by atoms with Gasteiger partial charge in [0, 0.05) is 0 Å². The van der Waals surface area contributed by atoms with E-state index in [1.807, 2.05) is 50.2 Å². The van der Waals surface area contributed by atoms with Crippen molar-refractivity contribution < 1.29 is 19.0 Å². The van der Waals surface area contributed by atoms with Gasteiger partial charge in [-0.05, 0) is 56.2 Å². The summed E-state index contributed by atoms with van der Waals surface area (Å²) in [5.74, 6) is 2.22. The van der Waals surface area contributed by atoms with Crippen LogP contribution in [0.2, 0.25) is 0 Å². The first-order chi connectivity index (χ1) is 12.1. The van der Waals surface area contributed by atoms with Crippen LogP contribution in [0, 0.1) is 6.92 Å². The van der Waals surface area contributed by atoms with Crippen LogP contribution in [0.4, 0.5) is 0 Å². The summed E-state index contributed by atoms with van der Waals surface area (Å²) in [6.45, 7) is 7.12. The van der Waals surface area contributed by atoms with Crippen LogP contribution in [0.1, 0.15) is 41.8 Å². The molecular weight excluding hydrogens is 316 g/mol. The number of carbonyl (C=O) groups excluding carboxylic acids is 1. The maximum Gasteiger partial charge on any atom is 0.231 e. The van der Waals surface area contributed by atoms with Crippen molar-refractivity contribution in [2.24, 2.45) is 0 Å². The average Bonchev–Trinajstić information content (AvgIpc) is 2.90. The van der Waals surface area contributed by atoms with Gasteiger partial charge in [-0.25, -0.2) is 0 Å². The summed E-state index contributed by atoms with van der Waals surface area (Å²) in [6, 6.07) is 11.2. The maximum atomic E-state index is 12.5. The lowest BCUT2D eigenvalue weighted by Crippen LogP contribution is -2.01. The zero-order valence-corrected chi connectivity index (χ0v) is 14.8. The Hall–Kier alpha value is -2.75. The predicted octanol–water partition coefficient (Wildman–Crippen LogP) is 4.80. The minimum Gasteiger partial charge on any atom is -0.490 e. The second kappa shape index (κ2) is 7.43. The summed E-state index contributed by atoms with van der Waals surface area (Å²) in [7, 11) is 0. The highest BCUT2D eigenvalue weighted by Crippen LogP contribution is 2.34. The van der Waals surface area contributed by atoms with E-state index in [4.69, 9.17) is 14.2 Å². The number of hydrogen-bond acceptors (Lipinski definition) is 4. The molecular formula is C21H22O4. The summed E-state index contributed by atoms with van der Waals surface area (Å²) in [4.78, 5) is 12.5. The summed E-state index contributed by atoms with van der Waals surface area (Å²) in [5.41, 5.74) is 2.48. The molecule has 4 nitrogen and oxygen atoms in total. The number of aryl methyl sites for hydroxylation is 1. The molecule has 0 N–H and O–H groups in total. The first-order valence-electron chi connectivity index (χ1n) is 8.57. The normalized spacial score (nSPS) is 14.4. The number of ether oxygens (including phenoxy) is 3. The fraction of sp³-hybridized carbons (Fsp3) is 0.286. The van der Waals surface area contributed by atoms with E-state index < -0.39 is 0 Å². The van der Waals surface area contributed by atoms with Gasteiger partial charge in [0.25, 0.3) is 0 Å². The molecule has 0 bridgehead atoms. The number of hydrogen-bond donors (Lipinski definition) is 0. The summed E-state index contributed by atoms with van der Waals surface area (Å²) >= 11 is 0. The van der Waals surface area contributed by atoms with Crippen LogP contribution in [-0.4, -0.2) is 19.0 Å². The van der Waals surface area contributed by atoms with E-state index >= 15 is 0 Å². The van der Waals surface area contributed by atoms with Crippen molar-refractivity contribution in [3.05, 3.63) is 58.8 Å². The standard InChI is InChI=1S/C21H22O4/c1-4-10-24-18-9-7-15(12-19(18)23-5-2)13-20-21(22)16-11-14(3)6-8-17(16)25-20/h6-9,11-13H,4-5,10H2,1-3H3/b20-13-. The molecule has 1 aliphatic heterocycles. The number of Topliss-reactive ketones (excluding diaryl/α,β-unsaturated/α-hetero) is 1. The highest BCUT2D eigenvalue weighted by molar-refractivity contribution is 6.14. The lowest BCUT2D eigenvalue weighted by molar-refractivity contribution is 0.101. The molecule has 0 saturated carbocycles. The van der Waals surface area contributed by atoms with Crippen molar-refractivity contribution >= 4 is 11.9 Å². The van der Waals surface area contributed by atoms with Crippen LogP contribution < -0.4 is 14.2 Å². The first-order valence-corrected chi connectivity index (χ1v) is 8.57. The van der Waals surface area contributed by atoms with E-state index in [0.717, 1.165) is 17.5 Å². The smallest absolute Gasteiger partial charge is 0.231 e. The summed E-state index contributed by atoms with van der Waals surface area (Å²) in [5, 5.41) is 0. The highest BCUT2D eigenvalue weighted by Gasteiger charge is 2.27. The van der Waals surface area contributed by atoms with Gasteiger partial charge in [0.15, 0.2) is 17.3 Å². The van der Waals surface area contributed by atoms with E-state index in [0.29, 0.717) is 41.8 Å². The van der Waals surface area contributed by atoms with Crippen LogP contribution in [0.5, 0.6) is 17.2 Å². The van der Waals surface area contributed by atoms with Crippen LogP contribution in [0.25, 0.3) is 6.08 Å². The minimum absolute atomic E-state index is 0.0945. The third-order valence-electron chi connectivity index (χ3n) is 3.85. The Morgan fingerprint density at radius 1 is 1.04 bits per heavy atom. The van der Waals surface area contributed by atoms with Crippen molar-refractivity contribution in [2.75, 3.05) is 13.2 Å². The van der Waals surface area contributed by atoms with Gasteiger partial charge < -0.3 is 14.2 Å².